The Bertz CT molecular complexity index is 317. The molecule has 1 aromatic heterocycles. The fourth-order valence-corrected chi connectivity index (χ4v) is 1.94. The van der Waals surface area contributed by atoms with Gasteiger partial charge in [-0.2, -0.15) is 5.10 Å². The van der Waals surface area contributed by atoms with Crippen molar-refractivity contribution in [1.29, 1.82) is 0 Å². The zero-order valence-electron chi connectivity index (χ0n) is 10.3. The Balaban J connectivity index is 1.53. The van der Waals surface area contributed by atoms with Crippen LogP contribution in [0.2, 0.25) is 0 Å². The van der Waals surface area contributed by atoms with Crippen molar-refractivity contribution in [3.8, 4) is 0 Å². The summed E-state index contributed by atoms with van der Waals surface area (Å²) in [5.74, 6) is 0. The fraction of sp³-hybridized carbons (Fsp3) is 0.750. The summed E-state index contributed by atoms with van der Waals surface area (Å²) in [5, 5.41) is 7.64. The molecule has 0 radical (unpaired) electrons. The third-order valence-electron chi connectivity index (χ3n) is 3.29. The van der Waals surface area contributed by atoms with E-state index in [2.05, 4.69) is 28.4 Å². The molecule has 2 rings (SSSR count). The number of hydrogen-bond acceptors (Lipinski definition) is 3. The minimum Gasteiger partial charge on any atom is -0.315 e. The summed E-state index contributed by atoms with van der Waals surface area (Å²) in [5.41, 5.74) is 1.29. The molecule has 0 aliphatic heterocycles. The highest BCUT2D eigenvalue weighted by atomic mass is 15.3. The van der Waals surface area contributed by atoms with Gasteiger partial charge in [-0.25, -0.2) is 0 Å². The molecule has 1 aliphatic carbocycles. The molecule has 90 valence electrons. The number of rotatable bonds is 7. The van der Waals surface area contributed by atoms with Crippen LogP contribution in [0.1, 0.15) is 18.5 Å². The van der Waals surface area contributed by atoms with Gasteiger partial charge in [-0.05, 0) is 26.0 Å². The summed E-state index contributed by atoms with van der Waals surface area (Å²) in [7, 11) is 4.22. The van der Waals surface area contributed by atoms with E-state index in [4.69, 9.17) is 0 Å². The summed E-state index contributed by atoms with van der Waals surface area (Å²) >= 11 is 0. The number of aromatic nitrogens is 2. The summed E-state index contributed by atoms with van der Waals surface area (Å²) in [6.45, 7) is 3.29. The van der Waals surface area contributed by atoms with Crippen LogP contribution >= 0.6 is 0 Å². The molecule has 0 saturated heterocycles. The summed E-state index contributed by atoms with van der Waals surface area (Å²) in [6.07, 6.45) is 5.71. The lowest BCUT2D eigenvalue weighted by atomic mass is 10.3. The maximum atomic E-state index is 4.16. The van der Waals surface area contributed by atoms with Crippen molar-refractivity contribution >= 4 is 0 Å². The van der Waals surface area contributed by atoms with Crippen molar-refractivity contribution in [3.63, 3.8) is 0 Å². The maximum absolute atomic E-state index is 4.16. The highest BCUT2D eigenvalue weighted by Crippen LogP contribution is 2.24. The molecule has 1 N–H and O–H groups in total. The molecular weight excluding hydrogens is 200 g/mol. The molecule has 16 heavy (non-hydrogen) atoms. The Morgan fingerprint density at radius 2 is 2.31 bits per heavy atom. The van der Waals surface area contributed by atoms with Crippen LogP contribution in [0.15, 0.2) is 12.3 Å². The van der Waals surface area contributed by atoms with Crippen molar-refractivity contribution in [2.75, 3.05) is 26.7 Å². The van der Waals surface area contributed by atoms with Gasteiger partial charge in [-0.15, -0.1) is 0 Å². The fourth-order valence-electron chi connectivity index (χ4n) is 1.94. The van der Waals surface area contributed by atoms with Gasteiger partial charge < -0.3 is 10.2 Å². The second-order valence-corrected chi connectivity index (χ2v) is 4.66. The molecule has 1 saturated carbocycles. The minimum absolute atomic E-state index is 0.874. The van der Waals surface area contributed by atoms with Crippen LogP contribution in [0.5, 0.6) is 0 Å². The molecule has 0 atom stereocenters. The zero-order valence-corrected chi connectivity index (χ0v) is 10.3. The van der Waals surface area contributed by atoms with E-state index in [0.29, 0.717) is 0 Å². The van der Waals surface area contributed by atoms with Crippen LogP contribution in [-0.2, 0) is 13.5 Å². The van der Waals surface area contributed by atoms with Crippen LogP contribution in [0, 0.1) is 0 Å². The van der Waals surface area contributed by atoms with Crippen molar-refractivity contribution in [2.45, 2.75) is 25.3 Å². The average Bonchev–Trinajstić information content (AvgIpc) is 3.04. The van der Waals surface area contributed by atoms with Gasteiger partial charge in [0.25, 0.3) is 0 Å². The van der Waals surface area contributed by atoms with Crippen molar-refractivity contribution in [1.82, 2.24) is 20.0 Å². The van der Waals surface area contributed by atoms with Crippen LogP contribution in [0.4, 0.5) is 0 Å². The van der Waals surface area contributed by atoms with E-state index < -0.39 is 0 Å². The van der Waals surface area contributed by atoms with E-state index in [1.807, 2.05) is 17.9 Å². The first-order valence-electron chi connectivity index (χ1n) is 6.15. The van der Waals surface area contributed by atoms with Crippen LogP contribution < -0.4 is 5.32 Å². The highest BCUT2D eigenvalue weighted by Gasteiger charge is 2.25. The SMILES string of the molecule is CN(CCNCCc1ccnn1C)C1CC1. The largest absolute Gasteiger partial charge is 0.315 e. The quantitative estimate of drug-likeness (QED) is 0.688. The van der Waals surface area contributed by atoms with E-state index in [1.165, 1.54) is 18.5 Å². The Labute approximate surface area is 97.6 Å². The smallest absolute Gasteiger partial charge is 0.0492 e. The highest BCUT2D eigenvalue weighted by molar-refractivity contribution is 5.00. The van der Waals surface area contributed by atoms with Crippen LogP contribution in [-0.4, -0.2) is 47.4 Å². The first-order valence-corrected chi connectivity index (χ1v) is 6.15. The summed E-state index contributed by atoms with van der Waals surface area (Å²) in [6, 6.07) is 2.96. The van der Waals surface area contributed by atoms with Crippen LogP contribution in [0.3, 0.4) is 0 Å². The molecule has 1 fully saturated rings. The van der Waals surface area contributed by atoms with Crippen molar-refractivity contribution < 1.29 is 0 Å². The molecule has 1 aromatic rings. The first kappa shape index (κ1) is 11.6. The predicted molar refractivity (Wildman–Crippen MR) is 65.4 cm³/mol. The van der Waals surface area contributed by atoms with Gasteiger partial charge in [0.2, 0.25) is 0 Å². The van der Waals surface area contributed by atoms with Crippen LogP contribution in [0.25, 0.3) is 0 Å². The van der Waals surface area contributed by atoms with Gasteiger partial charge in [0.05, 0.1) is 0 Å². The summed E-state index contributed by atoms with van der Waals surface area (Å²) < 4.78 is 1.94. The second-order valence-electron chi connectivity index (χ2n) is 4.66. The molecule has 0 unspecified atom stereocenters. The monoisotopic (exact) mass is 222 g/mol. The second kappa shape index (κ2) is 5.46. The standard InChI is InChI=1S/C12H22N4/c1-15(11-3-4-11)10-9-13-7-5-12-6-8-14-16(12)2/h6,8,11,13H,3-5,7,9-10H2,1-2H3. The third-order valence-corrected chi connectivity index (χ3v) is 3.29. The lowest BCUT2D eigenvalue weighted by Gasteiger charge is -2.15. The number of aryl methyl sites for hydroxylation is 1. The molecule has 0 amide bonds. The van der Waals surface area contributed by atoms with E-state index in [-0.39, 0.29) is 0 Å². The minimum atomic E-state index is 0.874. The Morgan fingerprint density at radius 1 is 1.50 bits per heavy atom. The number of likely N-dealkylation sites (N-methyl/N-ethyl adjacent to an activating group) is 1. The molecular formula is C12H22N4. The molecule has 1 heterocycles. The molecule has 0 aromatic carbocycles. The van der Waals surface area contributed by atoms with Gasteiger partial charge in [0.15, 0.2) is 0 Å². The topological polar surface area (TPSA) is 33.1 Å². The van der Waals surface area contributed by atoms with Crippen molar-refractivity contribution in [2.24, 2.45) is 7.05 Å². The number of hydrogen-bond donors (Lipinski definition) is 1. The van der Waals surface area contributed by atoms with E-state index in [1.54, 1.807) is 0 Å². The van der Waals surface area contributed by atoms with Gasteiger partial charge in [-0.1, -0.05) is 0 Å². The molecule has 4 heteroatoms. The van der Waals surface area contributed by atoms with Crippen molar-refractivity contribution in [3.05, 3.63) is 18.0 Å². The predicted octanol–water partition coefficient (Wildman–Crippen LogP) is 0.646. The Kier molecular flexibility index (Phi) is 3.96. The number of nitrogens with one attached hydrogen (secondary N) is 1. The van der Waals surface area contributed by atoms with Gasteiger partial charge in [0, 0.05) is 51.0 Å². The Morgan fingerprint density at radius 3 is 2.94 bits per heavy atom. The Hall–Kier alpha value is -0.870. The lowest BCUT2D eigenvalue weighted by molar-refractivity contribution is 0.322. The average molecular weight is 222 g/mol. The van der Waals surface area contributed by atoms with E-state index >= 15 is 0 Å². The summed E-state index contributed by atoms with van der Waals surface area (Å²) in [4.78, 5) is 2.46. The molecule has 0 spiro atoms. The normalized spacial score (nSPS) is 15.9. The number of nitrogens with zero attached hydrogens (tertiary/aromatic N) is 3. The molecule has 1 aliphatic rings. The third kappa shape index (κ3) is 3.32. The first-order chi connectivity index (χ1) is 7.77. The van der Waals surface area contributed by atoms with Gasteiger partial charge >= 0.3 is 0 Å². The van der Waals surface area contributed by atoms with E-state index in [9.17, 15) is 0 Å². The van der Waals surface area contributed by atoms with E-state index in [0.717, 1.165) is 32.1 Å². The van der Waals surface area contributed by atoms with Gasteiger partial charge in [0.1, 0.15) is 0 Å². The molecule has 4 nitrogen and oxygen atoms in total. The van der Waals surface area contributed by atoms with Gasteiger partial charge in [-0.3, -0.25) is 4.68 Å². The lowest BCUT2D eigenvalue weighted by Crippen LogP contribution is -2.31. The zero-order chi connectivity index (χ0) is 11.4. The molecule has 0 bridgehead atoms. The maximum Gasteiger partial charge on any atom is 0.0492 e.